The standard InChI is InChI=1S/C20H24N4O2.C2H4O2/c1-12(2)19-23-17-11-24(8-7-18(17)26-19)20(25)15(21)9-13-10-22-16-6-4-3-5-14(13)16;1-2(3)4/h3-6,10,12,15,22H,7-9,11,21H2,1-2H3;1H3,(H,3,4)/t15-;/m1./s1. The Balaban J connectivity index is 0.000000589. The number of nitrogens with one attached hydrogen (secondary N) is 1. The lowest BCUT2D eigenvalue weighted by atomic mass is 10.0. The van der Waals surface area contributed by atoms with E-state index in [1.54, 1.807) is 4.90 Å². The number of fused-ring (bicyclic) bond motifs is 2. The number of nitrogens with two attached hydrogens (primary N) is 1. The second-order valence-corrected chi connectivity index (χ2v) is 7.78. The van der Waals surface area contributed by atoms with E-state index in [1.807, 2.05) is 30.5 Å². The highest BCUT2D eigenvalue weighted by Crippen LogP contribution is 2.25. The fourth-order valence-electron chi connectivity index (χ4n) is 3.51. The molecule has 2 aromatic heterocycles. The summed E-state index contributed by atoms with van der Waals surface area (Å²) in [5.41, 5.74) is 9.26. The van der Waals surface area contributed by atoms with Crippen molar-refractivity contribution < 1.29 is 19.1 Å². The van der Waals surface area contributed by atoms with Gasteiger partial charge in [-0.05, 0) is 18.1 Å². The molecule has 30 heavy (non-hydrogen) atoms. The summed E-state index contributed by atoms with van der Waals surface area (Å²) in [4.78, 5) is 31.4. The fraction of sp³-hybridized carbons (Fsp3) is 0.409. The molecule has 0 aliphatic carbocycles. The Morgan fingerprint density at radius 1 is 1.33 bits per heavy atom. The number of amides is 1. The third kappa shape index (κ3) is 4.88. The lowest BCUT2D eigenvalue weighted by molar-refractivity contribution is -0.135. The van der Waals surface area contributed by atoms with Gasteiger partial charge in [0.2, 0.25) is 5.91 Å². The van der Waals surface area contributed by atoms with E-state index in [0.717, 1.165) is 40.7 Å². The molecule has 1 atom stereocenters. The summed E-state index contributed by atoms with van der Waals surface area (Å²) in [6, 6.07) is 7.49. The highest BCUT2D eigenvalue weighted by Gasteiger charge is 2.29. The molecule has 3 heterocycles. The molecule has 4 rings (SSSR count). The van der Waals surface area contributed by atoms with Crippen molar-refractivity contribution >= 4 is 22.8 Å². The van der Waals surface area contributed by atoms with Crippen molar-refractivity contribution in [2.45, 2.75) is 52.1 Å². The fourth-order valence-corrected chi connectivity index (χ4v) is 3.51. The number of carbonyl (C=O) groups is 2. The SMILES string of the molecule is CC(=O)O.CC(C)c1nc2c(o1)CCN(C(=O)[C@H](N)Cc1c[nH]c3ccccc13)C2. The van der Waals surface area contributed by atoms with Crippen LogP contribution in [0.4, 0.5) is 0 Å². The molecular formula is C22H28N4O4. The predicted molar refractivity (Wildman–Crippen MR) is 113 cm³/mol. The highest BCUT2D eigenvalue weighted by molar-refractivity contribution is 5.86. The monoisotopic (exact) mass is 412 g/mol. The Hall–Kier alpha value is -3.13. The first-order valence-corrected chi connectivity index (χ1v) is 10.0. The second-order valence-electron chi connectivity index (χ2n) is 7.78. The molecule has 1 aliphatic rings. The van der Waals surface area contributed by atoms with Crippen LogP contribution in [0.1, 0.15) is 49.6 Å². The van der Waals surface area contributed by atoms with Crippen LogP contribution in [0.5, 0.6) is 0 Å². The van der Waals surface area contributed by atoms with Gasteiger partial charge in [0.05, 0.1) is 12.6 Å². The molecule has 0 unspecified atom stereocenters. The lowest BCUT2D eigenvalue weighted by Crippen LogP contribution is -2.46. The molecule has 0 radical (unpaired) electrons. The van der Waals surface area contributed by atoms with Crippen LogP contribution in [-0.4, -0.2) is 44.4 Å². The van der Waals surface area contributed by atoms with E-state index in [0.29, 0.717) is 25.9 Å². The Morgan fingerprint density at radius 2 is 2.03 bits per heavy atom. The minimum atomic E-state index is -0.833. The van der Waals surface area contributed by atoms with Gasteiger partial charge in [-0.25, -0.2) is 4.98 Å². The van der Waals surface area contributed by atoms with Crippen molar-refractivity contribution in [1.29, 1.82) is 0 Å². The van der Waals surface area contributed by atoms with Crippen LogP contribution in [0, 0.1) is 0 Å². The first kappa shape index (κ1) is 21.6. The molecule has 0 fully saturated rings. The maximum Gasteiger partial charge on any atom is 0.300 e. The number of H-pyrrole nitrogens is 1. The number of nitrogens with zero attached hydrogens (tertiary/aromatic N) is 2. The normalized spacial score (nSPS) is 14.2. The first-order chi connectivity index (χ1) is 14.3. The van der Waals surface area contributed by atoms with Crippen LogP contribution in [0.3, 0.4) is 0 Å². The van der Waals surface area contributed by atoms with Crippen molar-refractivity contribution in [2.24, 2.45) is 5.73 Å². The Bertz CT molecular complexity index is 1030. The number of rotatable bonds is 4. The minimum Gasteiger partial charge on any atom is -0.481 e. The van der Waals surface area contributed by atoms with Gasteiger partial charge < -0.3 is 25.1 Å². The van der Waals surface area contributed by atoms with Gasteiger partial charge in [-0.3, -0.25) is 9.59 Å². The second kappa shape index (κ2) is 9.13. The number of aliphatic carboxylic acids is 1. The van der Waals surface area contributed by atoms with Crippen molar-refractivity contribution in [1.82, 2.24) is 14.9 Å². The van der Waals surface area contributed by atoms with Crippen LogP contribution < -0.4 is 5.73 Å². The van der Waals surface area contributed by atoms with E-state index in [9.17, 15) is 4.79 Å². The zero-order valence-electron chi connectivity index (χ0n) is 17.5. The molecule has 0 bridgehead atoms. The number of hydrogen-bond acceptors (Lipinski definition) is 5. The Kier molecular flexibility index (Phi) is 6.56. The highest BCUT2D eigenvalue weighted by atomic mass is 16.4. The van der Waals surface area contributed by atoms with Gasteiger partial charge >= 0.3 is 0 Å². The number of carboxylic acid groups (broad SMARTS) is 1. The number of oxazole rings is 1. The molecule has 1 aromatic carbocycles. The van der Waals surface area contributed by atoms with E-state index in [-0.39, 0.29) is 11.8 Å². The number of carbonyl (C=O) groups excluding carboxylic acids is 1. The van der Waals surface area contributed by atoms with Crippen LogP contribution in [-0.2, 0) is 29.0 Å². The molecule has 3 aromatic rings. The molecule has 160 valence electrons. The molecule has 8 nitrogen and oxygen atoms in total. The quantitative estimate of drug-likeness (QED) is 0.605. The molecular weight excluding hydrogens is 384 g/mol. The van der Waals surface area contributed by atoms with Gasteiger partial charge in [-0.2, -0.15) is 0 Å². The maximum absolute atomic E-state index is 12.8. The van der Waals surface area contributed by atoms with Gasteiger partial charge in [0.25, 0.3) is 5.97 Å². The molecule has 8 heteroatoms. The molecule has 1 aliphatic heterocycles. The lowest BCUT2D eigenvalue weighted by Gasteiger charge is -2.27. The van der Waals surface area contributed by atoms with E-state index in [1.165, 1.54) is 0 Å². The van der Waals surface area contributed by atoms with Gasteiger partial charge in [0.1, 0.15) is 11.5 Å². The number of hydrogen-bond donors (Lipinski definition) is 3. The summed E-state index contributed by atoms with van der Waals surface area (Å²) in [6.45, 7) is 6.29. The topological polar surface area (TPSA) is 125 Å². The maximum atomic E-state index is 12.8. The summed E-state index contributed by atoms with van der Waals surface area (Å²) in [6.07, 6.45) is 3.15. The van der Waals surface area contributed by atoms with Crippen LogP contribution in [0.25, 0.3) is 10.9 Å². The summed E-state index contributed by atoms with van der Waals surface area (Å²) in [5.74, 6) is 1.03. The van der Waals surface area contributed by atoms with Crippen molar-refractivity contribution in [3.8, 4) is 0 Å². The van der Waals surface area contributed by atoms with Crippen LogP contribution in [0.15, 0.2) is 34.9 Å². The van der Waals surface area contributed by atoms with Crippen molar-refractivity contribution in [2.75, 3.05) is 6.54 Å². The number of benzene rings is 1. The zero-order chi connectivity index (χ0) is 21.8. The van der Waals surface area contributed by atoms with E-state index < -0.39 is 12.0 Å². The summed E-state index contributed by atoms with van der Waals surface area (Å²) in [5, 5.41) is 8.54. The Labute approximate surface area is 175 Å². The smallest absolute Gasteiger partial charge is 0.300 e. The van der Waals surface area contributed by atoms with Gasteiger partial charge in [-0.1, -0.05) is 32.0 Å². The predicted octanol–water partition coefficient (Wildman–Crippen LogP) is 2.82. The number of para-hydroxylation sites is 1. The number of carboxylic acids is 1. The summed E-state index contributed by atoms with van der Waals surface area (Å²) < 4.78 is 5.81. The van der Waals surface area contributed by atoms with E-state index in [4.69, 9.17) is 20.1 Å². The van der Waals surface area contributed by atoms with Crippen molar-refractivity contribution in [3.05, 3.63) is 53.4 Å². The Morgan fingerprint density at radius 3 is 2.73 bits per heavy atom. The molecule has 0 saturated heterocycles. The zero-order valence-corrected chi connectivity index (χ0v) is 17.5. The van der Waals surface area contributed by atoms with E-state index >= 15 is 0 Å². The van der Waals surface area contributed by atoms with Gasteiger partial charge in [-0.15, -0.1) is 0 Å². The molecule has 4 N–H and O–H groups in total. The molecule has 1 amide bonds. The van der Waals surface area contributed by atoms with Gasteiger partial charge in [0.15, 0.2) is 5.89 Å². The average molecular weight is 412 g/mol. The number of aromatic amines is 1. The summed E-state index contributed by atoms with van der Waals surface area (Å²) >= 11 is 0. The average Bonchev–Trinajstić information content (AvgIpc) is 3.31. The molecule has 0 saturated carbocycles. The van der Waals surface area contributed by atoms with Gasteiger partial charge in [0, 0.05) is 42.9 Å². The summed E-state index contributed by atoms with van der Waals surface area (Å²) in [7, 11) is 0. The third-order valence-electron chi connectivity index (χ3n) is 4.98. The van der Waals surface area contributed by atoms with Crippen molar-refractivity contribution in [3.63, 3.8) is 0 Å². The van der Waals surface area contributed by atoms with E-state index in [2.05, 4.69) is 23.8 Å². The number of aromatic nitrogens is 2. The van der Waals surface area contributed by atoms with Crippen LogP contribution in [0.2, 0.25) is 0 Å². The molecule has 0 spiro atoms. The minimum absolute atomic E-state index is 0.0324. The largest absolute Gasteiger partial charge is 0.481 e. The van der Waals surface area contributed by atoms with Crippen LogP contribution >= 0.6 is 0 Å². The first-order valence-electron chi connectivity index (χ1n) is 10.0. The third-order valence-corrected chi connectivity index (χ3v) is 4.98.